The van der Waals surface area contributed by atoms with Crippen molar-refractivity contribution in [3.8, 4) is 5.75 Å². The van der Waals surface area contributed by atoms with Gasteiger partial charge < -0.3 is 5.11 Å². The number of hydrogen-bond donors (Lipinski definition) is 2. The molecule has 1 heterocycles. The molecule has 0 bridgehead atoms. The summed E-state index contributed by atoms with van der Waals surface area (Å²) in [7, 11) is 0. The highest BCUT2D eigenvalue weighted by molar-refractivity contribution is 6.03. The highest BCUT2D eigenvalue weighted by Crippen LogP contribution is 2.20. The lowest BCUT2D eigenvalue weighted by Crippen LogP contribution is -2.07. The number of hydrogen-bond acceptors (Lipinski definition) is 4. The molecule has 4 heteroatoms. The van der Waals surface area contributed by atoms with Gasteiger partial charge in [0.2, 0.25) is 0 Å². The topological polar surface area (TPSA) is 57.5 Å². The molecule has 0 saturated heterocycles. The third-order valence-corrected chi connectivity index (χ3v) is 3.68. The van der Waals surface area contributed by atoms with Crippen molar-refractivity contribution in [2.75, 3.05) is 5.43 Å². The maximum atomic E-state index is 10.2. The van der Waals surface area contributed by atoms with Crippen LogP contribution in [0.15, 0.2) is 84.1 Å². The van der Waals surface area contributed by atoms with E-state index in [-0.39, 0.29) is 5.75 Å². The Balaban J connectivity index is 1.82. The summed E-state index contributed by atoms with van der Waals surface area (Å²) >= 11 is 0. The van der Waals surface area contributed by atoms with Crippen LogP contribution in [0.1, 0.15) is 17.5 Å². The summed E-state index contributed by atoms with van der Waals surface area (Å²) in [5.74, 6) is 0.900. The van der Waals surface area contributed by atoms with Gasteiger partial charge in [-0.3, -0.25) is 5.43 Å². The summed E-state index contributed by atoms with van der Waals surface area (Å²) in [6.07, 6.45) is 3.26. The molecule has 24 heavy (non-hydrogen) atoms. The second-order valence-electron chi connectivity index (χ2n) is 5.39. The maximum Gasteiger partial charge on any atom is 0.146 e. The molecular formula is C20H19N3O. The predicted molar refractivity (Wildman–Crippen MR) is 97.3 cm³/mol. The van der Waals surface area contributed by atoms with Crippen molar-refractivity contribution in [2.45, 2.75) is 12.8 Å². The number of para-hydroxylation sites is 1. The van der Waals surface area contributed by atoms with E-state index in [0.717, 1.165) is 17.7 Å². The number of aromatic nitrogens is 1. The van der Waals surface area contributed by atoms with Crippen LogP contribution in [0.2, 0.25) is 0 Å². The number of nitrogens with zero attached hydrogens (tertiary/aromatic N) is 2. The van der Waals surface area contributed by atoms with Crippen molar-refractivity contribution in [3.05, 3.63) is 90.1 Å². The highest BCUT2D eigenvalue weighted by Gasteiger charge is 2.09. The van der Waals surface area contributed by atoms with Gasteiger partial charge in [-0.25, -0.2) is 4.98 Å². The molecule has 0 atom stereocenters. The quantitative estimate of drug-likeness (QED) is 0.528. The van der Waals surface area contributed by atoms with Crippen molar-refractivity contribution >= 4 is 11.5 Å². The van der Waals surface area contributed by atoms with Gasteiger partial charge in [-0.2, -0.15) is 5.10 Å². The zero-order valence-electron chi connectivity index (χ0n) is 13.3. The average molecular weight is 317 g/mol. The van der Waals surface area contributed by atoms with Gasteiger partial charge in [0.25, 0.3) is 0 Å². The van der Waals surface area contributed by atoms with Gasteiger partial charge in [0.15, 0.2) is 0 Å². The number of rotatable bonds is 6. The summed E-state index contributed by atoms with van der Waals surface area (Å²) in [5, 5.41) is 14.6. The summed E-state index contributed by atoms with van der Waals surface area (Å²) in [4.78, 5) is 4.20. The molecule has 0 spiro atoms. The van der Waals surface area contributed by atoms with E-state index in [1.807, 2.05) is 48.5 Å². The first-order valence-electron chi connectivity index (χ1n) is 7.89. The first-order valence-corrected chi connectivity index (χ1v) is 7.89. The van der Waals surface area contributed by atoms with Crippen LogP contribution in [-0.4, -0.2) is 15.8 Å². The Bertz CT molecular complexity index is 801. The second-order valence-corrected chi connectivity index (χ2v) is 5.39. The number of aromatic hydroxyl groups is 1. The Kier molecular flexibility index (Phi) is 5.20. The number of hydrazone groups is 1. The van der Waals surface area contributed by atoms with Crippen LogP contribution in [0, 0.1) is 0 Å². The van der Waals surface area contributed by atoms with E-state index >= 15 is 0 Å². The van der Waals surface area contributed by atoms with Gasteiger partial charge in [0, 0.05) is 11.8 Å². The van der Waals surface area contributed by atoms with E-state index in [0.29, 0.717) is 12.2 Å². The van der Waals surface area contributed by atoms with Crippen molar-refractivity contribution in [2.24, 2.45) is 5.10 Å². The molecule has 0 unspecified atom stereocenters. The van der Waals surface area contributed by atoms with E-state index in [1.54, 1.807) is 18.3 Å². The van der Waals surface area contributed by atoms with Gasteiger partial charge in [-0.05, 0) is 42.7 Å². The standard InChI is InChI=1S/C20H19N3O/c24-19-11-5-4-10-17(19)18(14-13-16-8-2-1-3-9-16)22-23-20-12-6-7-15-21-20/h1-12,15,24H,13-14H2,(H,21,23)/b22-18+. The molecule has 3 aromatic rings. The second kappa shape index (κ2) is 7.92. The van der Waals surface area contributed by atoms with Crippen molar-refractivity contribution in [1.82, 2.24) is 4.98 Å². The molecule has 2 N–H and O–H groups in total. The molecular weight excluding hydrogens is 298 g/mol. The molecule has 0 fully saturated rings. The molecule has 0 radical (unpaired) electrons. The van der Waals surface area contributed by atoms with E-state index in [4.69, 9.17) is 0 Å². The normalized spacial score (nSPS) is 11.2. The van der Waals surface area contributed by atoms with Crippen LogP contribution >= 0.6 is 0 Å². The summed E-state index contributed by atoms with van der Waals surface area (Å²) in [6, 6.07) is 23.1. The fourth-order valence-electron chi connectivity index (χ4n) is 2.43. The number of anilines is 1. The summed E-state index contributed by atoms with van der Waals surface area (Å²) in [6.45, 7) is 0. The average Bonchev–Trinajstić information content (AvgIpc) is 2.64. The lowest BCUT2D eigenvalue weighted by Gasteiger charge is -2.10. The Morgan fingerprint density at radius 2 is 1.67 bits per heavy atom. The highest BCUT2D eigenvalue weighted by atomic mass is 16.3. The Hall–Kier alpha value is -3.14. The Labute approximate surface area is 141 Å². The monoisotopic (exact) mass is 317 g/mol. The van der Waals surface area contributed by atoms with Gasteiger partial charge in [-0.1, -0.05) is 48.5 Å². The van der Waals surface area contributed by atoms with Gasteiger partial charge in [0.1, 0.15) is 11.6 Å². The van der Waals surface area contributed by atoms with Crippen LogP contribution < -0.4 is 5.43 Å². The van der Waals surface area contributed by atoms with Crippen molar-refractivity contribution in [1.29, 1.82) is 0 Å². The zero-order chi connectivity index (χ0) is 16.6. The molecule has 0 amide bonds. The number of nitrogens with one attached hydrogen (secondary N) is 1. The van der Waals surface area contributed by atoms with Gasteiger partial charge in [0.05, 0.1) is 5.71 Å². The predicted octanol–water partition coefficient (Wildman–Crippen LogP) is 4.24. The lowest BCUT2D eigenvalue weighted by atomic mass is 10.0. The Morgan fingerprint density at radius 1 is 0.917 bits per heavy atom. The lowest BCUT2D eigenvalue weighted by molar-refractivity contribution is 0.474. The fraction of sp³-hybridized carbons (Fsp3) is 0.100. The number of benzene rings is 2. The van der Waals surface area contributed by atoms with E-state index in [2.05, 4.69) is 27.6 Å². The SMILES string of the molecule is Oc1ccccc1/C(CCc1ccccc1)=N/Nc1ccccn1. The number of pyridine rings is 1. The summed E-state index contributed by atoms with van der Waals surface area (Å²) in [5.41, 5.74) is 5.73. The van der Waals surface area contributed by atoms with E-state index in [9.17, 15) is 5.11 Å². The molecule has 1 aromatic heterocycles. The minimum absolute atomic E-state index is 0.229. The van der Waals surface area contributed by atoms with Crippen LogP contribution in [-0.2, 0) is 6.42 Å². The molecule has 0 aliphatic heterocycles. The molecule has 0 saturated carbocycles. The number of phenolic OH excluding ortho intramolecular Hbond substituents is 1. The third-order valence-electron chi connectivity index (χ3n) is 3.68. The molecule has 0 aliphatic carbocycles. The van der Waals surface area contributed by atoms with Crippen LogP contribution in [0.4, 0.5) is 5.82 Å². The minimum Gasteiger partial charge on any atom is -0.507 e. The Morgan fingerprint density at radius 3 is 2.42 bits per heavy atom. The van der Waals surface area contributed by atoms with Crippen molar-refractivity contribution in [3.63, 3.8) is 0 Å². The molecule has 120 valence electrons. The smallest absolute Gasteiger partial charge is 0.146 e. The van der Waals surface area contributed by atoms with Crippen LogP contribution in [0.3, 0.4) is 0 Å². The van der Waals surface area contributed by atoms with Crippen LogP contribution in [0.25, 0.3) is 0 Å². The molecule has 2 aromatic carbocycles. The number of aryl methyl sites for hydroxylation is 1. The van der Waals surface area contributed by atoms with E-state index in [1.165, 1.54) is 5.56 Å². The minimum atomic E-state index is 0.229. The first kappa shape index (κ1) is 15.7. The molecule has 4 nitrogen and oxygen atoms in total. The van der Waals surface area contributed by atoms with Gasteiger partial charge >= 0.3 is 0 Å². The number of phenols is 1. The summed E-state index contributed by atoms with van der Waals surface area (Å²) < 4.78 is 0. The molecule has 3 rings (SSSR count). The van der Waals surface area contributed by atoms with Gasteiger partial charge in [-0.15, -0.1) is 0 Å². The zero-order valence-corrected chi connectivity index (χ0v) is 13.3. The van der Waals surface area contributed by atoms with Crippen molar-refractivity contribution < 1.29 is 5.11 Å². The third kappa shape index (κ3) is 4.20. The maximum absolute atomic E-state index is 10.2. The van der Waals surface area contributed by atoms with Crippen LogP contribution in [0.5, 0.6) is 5.75 Å². The fourth-order valence-corrected chi connectivity index (χ4v) is 2.43. The first-order chi connectivity index (χ1) is 11.8. The van der Waals surface area contributed by atoms with E-state index < -0.39 is 0 Å². The molecule has 0 aliphatic rings. The largest absolute Gasteiger partial charge is 0.507 e.